The molecule has 0 aliphatic carbocycles. The Morgan fingerprint density at radius 1 is 1.60 bits per heavy atom. The second kappa shape index (κ2) is 2.26. The van der Waals surface area contributed by atoms with Crippen molar-refractivity contribution in [2.45, 2.75) is 39.7 Å². The summed E-state index contributed by atoms with van der Waals surface area (Å²) in [5.41, 5.74) is 1.07. The summed E-state index contributed by atoms with van der Waals surface area (Å²) in [5.74, 6) is 0.536. The monoisotopic (exact) mass is 141 g/mol. The lowest BCUT2D eigenvalue weighted by atomic mass is 9.88. The van der Waals surface area contributed by atoms with Crippen LogP contribution in [0, 0.1) is 5.92 Å². The molecule has 1 atom stereocenters. The Balaban J connectivity index is 2.61. The van der Waals surface area contributed by atoms with Crippen LogP contribution in [0.4, 0.5) is 0 Å². The van der Waals surface area contributed by atoms with Gasteiger partial charge in [0.1, 0.15) is 5.60 Å². The van der Waals surface area contributed by atoms with Gasteiger partial charge in [-0.25, -0.2) is 0 Å². The third-order valence-electron chi connectivity index (χ3n) is 2.24. The van der Waals surface area contributed by atoms with Crippen molar-refractivity contribution in [3.63, 3.8) is 0 Å². The average molecular weight is 141 g/mol. The van der Waals surface area contributed by atoms with Gasteiger partial charge in [-0.15, -0.1) is 0 Å². The van der Waals surface area contributed by atoms with Crippen molar-refractivity contribution in [1.29, 1.82) is 0 Å². The quantitative estimate of drug-likeness (QED) is 0.548. The van der Waals surface area contributed by atoms with Crippen LogP contribution in [0.3, 0.4) is 0 Å². The van der Waals surface area contributed by atoms with Crippen LogP contribution in [0.15, 0.2) is 5.16 Å². The summed E-state index contributed by atoms with van der Waals surface area (Å²) in [7, 11) is 0. The zero-order chi connectivity index (χ0) is 7.78. The fraction of sp³-hybridized carbons (Fsp3) is 0.875. The zero-order valence-electron chi connectivity index (χ0n) is 7.14. The predicted octanol–water partition coefficient (Wildman–Crippen LogP) is 2.20. The van der Waals surface area contributed by atoms with Gasteiger partial charge in [0.25, 0.3) is 0 Å². The van der Waals surface area contributed by atoms with Crippen LogP contribution >= 0.6 is 0 Å². The maximum Gasteiger partial charge on any atom is 0.142 e. The van der Waals surface area contributed by atoms with Crippen molar-refractivity contribution in [3.05, 3.63) is 0 Å². The smallest absolute Gasteiger partial charge is 0.142 e. The molecule has 58 valence electrons. The molecule has 0 unspecified atom stereocenters. The molecule has 1 heterocycles. The third-order valence-corrected chi connectivity index (χ3v) is 2.24. The molecule has 0 fully saturated rings. The highest BCUT2D eigenvalue weighted by molar-refractivity contribution is 5.83. The van der Waals surface area contributed by atoms with Crippen LogP contribution in [0.2, 0.25) is 0 Å². The molecule has 1 aliphatic heterocycles. The van der Waals surface area contributed by atoms with E-state index in [4.69, 9.17) is 4.84 Å². The van der Waals surface area contributed by atoms with Crippen molar-refractivity contribution >= 4 is 5.71 Å². The van der Waals surface area contributed by atoms with Gasteiger partial charge >= 0.3 is 0 Å². The lowest BCUT2D eigenvalue weighted by molar-refractivity contribution is -0.0384. The Morgan fingerprint density at radius 3 is 2.40 bits per heavy atom. The Hall–Kier alpha value is -0.530. The van der Waals surface area contributed by atoms with Gasteiger partial charge in [0.15, 0.2) is 0 Å². The van der Waals surface area contributed by atoms with Gasteiger partial charge in [0, 0.05) is 6.42 Å². The first-order valence-corrected chi connectivity index (χ1v) is 3.76. The van der Waals surface area contributed by atoms with Crippen molar-refractivity contribution in [1.82, 2.24) is 0 Å². The third kappa shape index (κ3) is 1.15. The van der Waals surface area contributed by atoms with E-state index in [-0.39, 0.29) is 5.60 Å². The molecule has 0 spiro atoms. The summed E-state index contributed by atoms with van der Waals surface area (Å²) in [5, 5.41) is 3.93. The molecule has 0 aromatic heterocycles. The van der Waals surface area contributed by atoms with Crippen LogP contribution in [-0.2, 0) is 4.84 Å². The highest BCUT2D eigenvalue weighted by Gasteiger charge is 2.35. The number of hydrogen-bond donors (Lipinski definition) is 0. The van der Waals surface area contributed by atoms with Crippen LogP contribution in [0.1, 0.15) is 34.1 Å². The molecule has 0 bridgehead atoms. The summed E-state index contributed by atoms with van der Waals surface area (Å²) in [6.45, 7) is 8.44. The van der Waals surface area contributed by atoms with Crippen LogP contribution in [0.25, 0.3) is 0 Å². The number of oxime groups is 1. The molecule has 0 aromatic rings. The standard InChI is InChI=1S/C8H15NO/c1-6(2)8(4)5-7(3)9-10-8/h6H,5H2,1-4H3/t8-/m0/s1. The minimum absolute atomic E-state index is 0.0376. The van der Waals surface area contributed by atoms with Gasteiger partial charge in [0.2, 0.25) is 0 Å². The molecule has 0 saturated carbocycles. The van der Waals surface area contributed by atoms with Gasteiger partial charge in [-0.1, -0.05) is 19.0 Å². The van der Waals surface area contributed by atoms with Crippen molar-refractivity contribution < 1.29 is 4.84 Å². The van der Waals surface area contributed by atoms with E-state index in [1.54, 1.807) is 0 Å². The lowest BCUT2D eigenvalue weighted by Crippen LogP contribution is -2.30. The van der Waals surface area contributed by atoms with Gasteiger partial charge in [-0.2, -0.15) is 0 Å². The Morgan fingerprint density at radius 2 is 2.20 bits per heavy atom. The van der Waals surface area contributed by atoms with Crippen LogP contribution < -0.4 is 0 Å². The summed E-state index contributed by atoms with van der Waals surface area (Å²) in [6, 6.07) is 0. The first-order chi connectivity index (χ1) is 4.54. The van der Waals surface area contributed by atoms with Gasteiger partial charge in [-0.3, -0.25) is 0 Å². The first-order valence-electron chi connectivity index (χ1n) is 3.76. The summed E-state index contributed by atoms with van der Waals surface area (Å²) >= 11 is 0. The van der Waals surface area contributed by atoms with E-state index >= 15 is 0 Å². The average Bonchev–Trinajstić information content (AvgIpc) is 2.13. The SMILES string of the molecule is CC1=NO[C@](C)(C(C)C)C1. The molecular weight excluding hydrogens is 126 g/mol. The Bertz CT molecular complexity index is 163. The predicted molar refractivity (Wildman–Crippen MR) is 42.1 cm³/mol. The maximum absolute atomic E-state index is 5.30. The largest absolute Gasteiger partial charge is 0.389 e. The summed E-state index contributed by atoms with van der Waals surface area (Å²) < 4.78 is 0. The fourth-order valence-corrected chi connectivity index (χ4v) is 1.06. The first kappa shape index (κ1) is 7.58. The minimum atomic E-state index is -0.0376. The molecular formula is C8H15NO. The summed E-state index contributed by atoms with van der Waals surface area (Å²) in [4.78, 5) is 5.30. The molecule has 1 rings (SSSR count). The molecule has 0 aromatic carbocycles. The van der Waals surface area contributed by atoms with E-state index < -0.39 is 0 Å². The van der Waals surface area contributed by atoms with Crippen molar-refractivity contribution in [2.75, 3.05) is 0 Å². The van der Waals surface area contributed by atoms with Crippen molar-refractivity contribution in [3.8, 4) is 0 Å². The zero-order valence-corrected chi connectivity index (χ0v) is 7.14. The molecule has 1 aliphatic rings. The fourth-order valence-electron chi connectivity index (χ4n) is 1.06. The van der Waals surface area contributed by atoms with E-state index in [2.05, 4.69) is 25.9 Å². The molecule has 0 radical (unpaired) electrons. The Kier molecular flexibility index (Phi) is 1.71. The van der Waals surface area contributed by atoms with Crippen LogP contribution in [-0.4, -0.2) is 11.3 Å². The topological polar surface area (TPSA) is 21.6 Å². The molecule has 0 N–H and O–H groups in total. The Labute approximate surface area is 62.3 Å². The van der Waals surface area contributed by atoms with Crippen molar-refractivity contribution in [2.24, 2.45) is 11.1 Å². The van der Waals surface area contributed by atoms with E-state index in [1.165, 1.54) is 0 Å². The minimum Gasteiger partial charge on any atom is -0.389 e. The normalized spacial score (nSPS) is 32.3. The van der Waals surface area contributed by atoms with Gasteiger partial charge in [0.05, 0.1) is 5.71 Å². The lowest BCUT2D eigenvalue weighted by Gasteiger charge is -2.25. The second-order valence-corrected chi connectivity index (χ2v) is 3.56. The molecule has 2 heteroatoms. The van der Waals surface area contributed by atoms with E-state index in [0.29, 0.717) is 5.92 Å². The maximum atomic E-state index is 5.30. The number of nitrogens with zero attached hydrogens (tertiary/aromatic N) is 1. The highest BCUT2D eigenvalue weighted by atomic mass is 16.7. The van der Waals surface area contributed by atoms with Crippen LogP contribution in [0.5, 0.6) is 0 Å². The van der Waals surface area contributed by atoms with E-state index in [0.717, 1.165) is 12.1 Å². The highest BCUT2D eigenvalue weighted by Crippen LogP contribution is 2.30. The summed E-state index contributed by atoms with van der Waals surface area (Å²) in [6.07, 6.45) is 0.977. The molecule has 10 heavy (non-hydrogen) atoms. The molecule has 0 saturated heterocycles. The van der Waals surface area contributed by atoms with Gasteiger partial charge in [-0.05, 0) is 19.8 Å². The second-order valence-electron chi connectivity index (χ2n) is 3.56. The van der Waals surface area contributed by atoms with E-state index in [1.807, 2.05) is 6.92 Å². The number of rotatable bonds is 1. The number of hydrogen-bond acceptors (Lipinski definition) is 2. The van der Waals surface area contributed by atoms with Gasteiger partial charge < -0.3 is 4.84 Å². The van der Waals surface area contributed by atoms with E-state index in [9.17, 15) is 0 Å². The molecule has 2 nitrogen and oxygen atoms in total. The molecule has 0 amide bonds.